The van der Waals surface area contributed by atoms with Gasteiger partial charge in [-0.25, -0.2) is 0 Å². The SMILES string of the molecule is N#CC[C@H](N)c1ccc(Cl)o1. The summed E-state index contributed by atoms with van der Waals surface area (Å²) in [5, 5.41) is 8.60. The van der Waals surface area contributed by atoms with Gasteiger partial charge in [-0.2, -0.15) is 5.26 Å². The number of nitriles is 1. The smallest absolute Gasteiger partial charge is 0.193 e. The third kappa shape index (κ3) is 1.97. The molecule has 0 aliphatic rings. The van der Waals surface area contributed by atoms with Gasteiger partial charge in [-0.15, -0.1) is 0 Å². The molecule has 0 radical (unpaired) electrons. The summed E-state index contributed by atoms with van der Waals surface area (Å²) in [6.45, 7) is 0. The van der Waals surface area contributed by atoms with Crippen LogP contribution in [-0.2, 0) is 0 Å². The number of nitrogens with two attached hydrogens (primary N) is 1. The summed E-state index contributed by atoms with van der Waals surface area (Å²) in [6, 6.07) is 4.86. The fourth-order valence-electron chi connectivity index (χ4n) is 0.727. The normalized spacial score (nSPS) is 12.5. The van der Waals surface area contributed by atoms with E-state index in [0.717, 1.165) is 0 Å². The summed E-state index contributed by atoms with van der Waals surface area (Å²) in [4.78, 5) is 0. The molecule has 0 unspecified atom stereocenters. The van der Waals surface area contributed by atoms with Crippen molar-refractivity contribution >= 4 is 11.6 Å². The van der Waals surface area contributed by atoms with Crippen LogP contribution in [0.3, 0.4) is 0 Å². The molecule has 11 heavy (non-hydrogen) atoms. The molecule has 0 amide bonds. The molecule has 0 aromatic carbocycles. The highest BCUT2D eigenvalue weighted by Crippen LogP contribution is 2.19. The van der Waals surface area contributed by atoms with Crippen molar-refractivity contribution in [2.45, 2.75) is 12.5 Å². The van der Waals surface area contributed by atoms with Crippen molar-refractivity contribution in [3.63, 3.8) is 0 Å². The molecule has 3 nitrogen and oxygen atoms in total. The lowest BCUT2D eigenvalue weighted by Gasteiger charge is -2.00. The van der Waals surface area contributed by atoms with Crippen LogP contribution in [-0.4, -0.2) is 0 Å². The largest absolute Gasteiger partial charge is 0.448 e. The topological polar surface area (TPSA) is 63.0 Å². The van der Waals surface area contributed by atoms with Gasteiger partial charge in [0.25, 0.3) is 0 Å². The molecular formula is C7H7ClN2O. The van der Waals surface area contributed by atoms with Crippen molar-refractivity contribution in [2.24, 2.45) is 5.73 Å². The summed E-state index contributed by atoms with van der Waals surface area (Å²) in [5.41, 5.74) is 5.54. The van der Waals surface area contributed by atoms with Gasteiger partial charge in [0.1, 0.15) is 5.76 Å². The first-order valence-electron chi connectivity index (χ1n) is 3.12. The molecule has 4 heteroatoms. The zero-order chi connectivity index (χ0) is 8.27. The average Bonchev–Trinajstić information content (AvgIpc) is 2.36. The Bertz CT molecular complexity index is 276. The Morgan fingerprint density at radius 2 is 2.45 bits per heavy atom. The van der Waals surface area contributed by atoms with Crippen LogP contribution < -0.4 is 5.73 Å². The fourth-order valence-corrected chi connectivity index (χ4v) is 0.879. The van der Waals surface area contributed by atoms with Gasteiger partial charge in [-0.3, -0.25) is 0 Å². The van der Waals surface area contributed by atoms with Crippen molar-refractivity contribution in [3.05, 3.63) is 23.1 Å². The average molecular weight is 171 g/mol. The molecule has 0 saturated carbocycles. The van der Waals surface area contributed by atoms with Gasteiger partial charge in [-0.1, -0.05) is 0 Å². The maximum absolute atomic E-state index is 8.30. The zero-order valence-corrected chi connectivity index (χ0v) is 6.51. The van der Waals surface area contributed by atoms with E-state index < -0.39 is 0 Å². The van der Waals surface area contributed by atoms with Gasteiger partial charge in [0.05, 0.1) is 18.5 Å². The minimum absolute atomic E-state index is 0.240. The van der Waals surface area contributed by atoms with E-state index in [9.17, 15) is 0 Å². The summed E-state index contributed by atoms with van der Waals surface area (Å²) in [5.74, 6) is 0.552. The van der Waals surface area contributed by atoms with Crippen LogP contribution in [0.1, 0.15) is 18.2 Å². The van der Waals surface area contributed by atoms with Gasteiger partial charge in [-0.05, 0) is 23.7 Å². The minimum atomic E-state index is -0.368. The molecule has 1 aromatic rings. The van der Waals surface area contributed by atoms with E-state index in [0.29, 0.717) is 11.0 Å². The van der Waals surface area contributed by atoms with E-state index in [1.54, 1.807) is 12.1 Å². The second-order valence-electron chi connectivity index (χ2n) is 2.11. The van der Waals surface area contributed by atoms with Crippen molar-refractivity contribution in [3.8, 4) is 6.07 Å². The molecule has 0 aliphatic heterocycles. The Kier molecular flexibility index (Phi) is 2.53. The predicted octanol–water partition coefficient (Wildman–Crippen LogP) is 1.85. The minimum Gasteiger partial charge on any atom is -0.448 e. The first kappa shape index (κ1) is 8.12. The van der Waals surface area contributed by atoms with Crippen LogP contribution in [0.5, 0.6) is 0 Å². The van der Waals surface area contributed by atoms with Crippen molar-refractivity contribution < 1.29 is 4.42 Å². The predicted molar refractivity (Wildman–Crippen MR) is 40.9 cm³/mol. The van der Waals surface area contributed by atoms with Crippen molar-refractivity contribution in [2.75, 3.05) is 0 Å². The van der Waals surface area contributed by atoms with E-state index >= 15 is 0 Å². The maximum Gasteiger partial charge on any atom is 0.193 e. The third-order valence-corrected chi connectivity index (χ3v) is 1.47. The van der Waals surface area contributed by atoms with Crippen LogP contribution in [0.25, 0.3) is 0 Å². The molecule has 0 bridgehead atoms. The molecule has 1 heterocycles. The Balaban J connectivity index is 2.70. The highest BCUT2D eigenvalue weighted by Gasteiger charge is 2.08. The summed E-state index contributed by atoms with van der Waals surface area (Å²) in [6.07, 6.45) is 0.240. The standard InChI is InChI=1S/C7H7ClN2O/c8-7-2-1-6(11-7)5(10)3-4-9/h1-2,5H,3,10H2/t5-/m0/s1. The monoisotopic (exact) mass is 170 g/mol. The maximum atomic E-state index is 8.30. The van der Waals surface area contributed by atoms with Gasteiger partial charge in [0.15, 0.2) is 5.22 Å². The summed E-state index contributed by atoms with van der Waals surface area (Å²) >= 11 is 5.50. The fraction of sp³-hybridized carbons (Fsp3) is 0.286. The molecule has 0 fully saturated rings. The van der Waals surface area contributed by atoms with Crippen molar-refractivity contribution in [1.29, 1.82) is 5.26 Å². The molecule has 58 valence electrons. The van der Waals surface area contributed by atoms with Crippen LogP contribution in [0.15, 0.2) is 16.5 Å². The second kappa shape index (κ2) is 3.42. The first-order chi connectivity index (χ1) is 5.24. The van der Waals surface area contributed by atoms with Crippen LogP contribution in [0.4, 0.5) is 0 Å². The molecular weight excluding hydrogens is 164 g/mol. The van der Waals surface area contributed by atoms with E-state index in [-0.39, 0.29) is 12.5 Å². The Labute approximate surface area is 69.4 Å². The summed E-state index contributed by atoms with van der Waals surface area (Å²) in [7, 11) is 0. The van der Waals surface area contributed by atoms with Crippen LogP contribution >= 0.6 is 11.6 Å². The number of hydrogen-bond donors (Lipinski definition) is 1. The van der Waals surface area contributed by atoms with Gasteiger partial charge >= 0.3 is 0 Å². The number of furan rings is 1. The van der Waals surface area contributed by atoms with Gasteiger partial charge in [0.2, 0.25) is 0 Å². The third-order valence-electron chi connectivity index (χ3n) is 1.27. The van der Waals surface area contributed by atoms with Gasteiger partial charge in [0, 0.05) is 0 Å². The van der Waals surface area contributed by atoms with Gasteiger partial charge < -0.3 is 10.2 Å². The number of nitrogens with zero attached hydrogens (tertiary/aromatic N) is 1. The zero-order valence-electron chi connectivity index (χ0n) is 5.75. The van der Waals surface area contributed by atoms with Crippen molar-refractivity contribution in [1.82, 2.24) is 0 Å². The van der Waals surface area contributed by atoms with Crippen LogP contribution in [0.2, 0.25) is 5.22 Å². The highest BCUT2D eigenvalue weighted by molar-refractivity contribution is 6.28. The lowest BCUT2D eigenvalue weighted by atomic mass is 10.2. The Morgan fingerprint density at radius 3 is 2.91 bits per heavy atom. The summed E-state index contributed by atoms with van der Waals surface area (Å²) < 4.78 is 4.99. The second-order valence-corrected chi connectivity index (χ2v) is 2.48. The quantitative estimate of drug-likeness (QED) is 0.737. The van der Waals surface area contributed by atoms with E-state index in [4.69, 9.17) is 27.0 Å². The number of rotatable bonds is 2. The molecule has 1 atom stereocenters. The Hall–Kier alpha value is -0.980. The lowest BCUT2D eigenvalue weighted by Crippen LogP contribution is -2.07. The number of halogens is 1. The Morgan fingerprint density at radius 1 is 1.73 bits per heavy atom. The molecule has 1 aromatic heterocycles. The lowest BCUT2D eigenvalue weighted by molar-refractivity contribution is 0.470. The molecule has 0 spiro atoms. The molecule has 0 aliphatic carbocycles. The van der Waals surface area contributed by atoms with Crippen LogP contribution in [0, 0.1) is 11.3 Å². The molecule has 1 rings (SSSR count). The van der Waals surface area contributed by atoms with E-state index in [1.807, 2.05) is 6.07 Å². The van der Waals surface area contributed by atoms with E-state index in [1.165, 1.54) is 0 Å². The highest BCUT2D eigenvalue weighted by atomic mass is 35.5. The molecule has 2 N–H and O–H groups in total. The molecule has 0 saturated heterocycles. The number of hydrogen-bond acceptors (Lipinski definition) is 3. The first-order valence-corrected chi connectivity index (χ1v) is 3.49. The van der Waals surface area contributed by atoms with E-state index in [2.05, 4.69) is 0 Å².